The summed E-state index contributed by atoms with van der Waals surface area (Å²) in [4.78, 5) is 57.3. The quantitative estimate of drug-likeness (QED) is 0.303. The molecule has 0 fully saturated rings. The third kappa shape index (κ3) is 5.57. The van der Waals surface area contributed by atoms with Gasteiger partial charge in [0, 0.05) is 23.9 Å². The van der Waals surface area contributed by atoms with Crippen LogP contribution in [0.3, 0.4) is 0 Å². The molecule has 2 amide bonds. The Balaban J connectivity index is 1.23. The fourth-order valence-electron chi connectivity index (χ4n) is 4.22. The number of nitrogens with one attached hydrogen (secondary N) is 3. The summed E-state index contributed by atoms with van der Waals surface area (Å²) in [6, 6.07) is 11.3. The summed E-state index contributed by atoms with van der Waals surface area (Å²) in [6.45, 7) is -0.385. The fourth-order valence-corrected chi connectivity index (χ4v) is 4.22. The van der Waals surface area contributed by atoms with Gasteiger partial charge in [-0.2, -0.15) is 0 Å². The van der Waals surface area contributed by atoms with Crippen molar-refractivity contribution in [2.75, 3.05) is 11.9 Å². The van der Waals surface area contributed by atoms with Crippen LogP contribution in [0.5, 0.6) is 0 Å². The second-order valence-electron chi connectivity index (χ2n) is 8.90. The number of rotatable bonds is 8. The Hall–Kier alpha value is -5.19. The van der Waals surface area contributed by atoms with Crippen LogP contribution in [0.1, 0.15) is 32.7 Å². The van der Waals surface area contributed by atoms with Gasteiger partial charge in [-0.25, -0.2) is 13.8 Å². The molecule has 0 saturated heterocycles. The molecule has 0 radical (unpaired) electrons. The minimum Gasteiger partial charge on any atom is -0.345 e. The van der Waals surface area contributed by atoms with Gasteiger partial charge in [0.25, 0.3) is 17.4 Å². The summed E-state index contributed by atoms with van der Waals surface area (Å²) in [6.07, 6.45) is 6.17. The van der Waals surface area contributed by atoms with E-state index in [4.69, 9.17) is 0 Å². The van der Waals surface area contributed by atoms with Crippen molar-refractivity contribution in [3.05, 3.63) is 117 Å². The summed E-state index contributed by atoms with van der Waals surface area (Å²) >= 11 is 0. The number of imidazole rings is 1. The standard InChI is InChI=1S/C28H21F2N5O4/c29-23-5-3-17(10-24(23)30)14-35-7-1-2-20(28(35)39)26(37)32-13-19(36)8-16-4-6-25-21(9-16)22(27(38)34-25)11-18-12-31-15-33-18/h1-7,9-12,15H,8,13-14H2,(H,31,33)(H,32,37)(H,34,38)/b22-11-. The third-order valence-corrected chi connectivity index (χ3v) is 6.14. The second-order valence-corrected chi connectivity index (χ2v) is 8.90. The largest absolute Gasteiger partial charge is 0.345 e. The number of nitrogens with zero attached hydrogens (tertiary/aromatic N) is 2. The van der Waals surface area contributed by atoms with Gasteiger partial charge in [-0.15, -0.1) is 0 Å². The van der Waals surface area contributed by atoms with E-state index in [0.717, 1.165) is 12.1 Å². The molecule has 11 heteroatoms. The lowest BCUT2D eigenvalue weighted by Crippen LogP contribution is -2.36. The number of carbonyl (C=O) groups is 3. The van der Waals surface area contributed by atoms with Gasteiger partial charge in [-0.05, 0) is 53.6 Å². The smallest absolute Gasteiger partial charge is 0.263 e. The van der Waals surface area contributed by atoms with Crippen molar-refractivity contribution in [3.8, 4) is 0 Å². The van der Waals surface area contributed by atoms with E-state index in [9.17, 15) is 28.0 Å². The van der Waals surface area contributed by atoms with E-state index < -0.39 is 23.1 Å². The van der Waals surface area contributed by atoms with Crippen LogP contribution in [0, 0.1) is 11.6 Å². The van der Waals surface area contributed by atoms with Gasteiger partial charge in [0.15, 0.2) is 17.4 Å². The number of hydrogen-bond acceptors (Lipinski definition) is 5. The number of anilines is 1. The van der Waals surface area contributed by atoms with Crippen molar-refractivity contribution < 1.29 is 23.2 Å². The number of benzene rings is 2. The van der Waals surface area contributed by atoms with E-state index in [1.54, 1.807) is 30.5 Å². The summed E-state index contributed by atoms with van der Waals surface area (Å²) in [5, 5.41) is 5.24. The van der Waals surface area contributed by atoms with Crippen LogP contribution >= 0.6 is 0 Å². The highest BCUT2D eigenvalue weighted by molar-refractivity contribution is 6.34. The Morgan fingerprint density at radius 3 is 2.62 bits per heavy atom. The molecule has 1 aliphatic heterocycles. The van der Waals surface area contributed by atoms with Crippen molar-refractivity contribution in [3.63, 3.8) is 0 Å². The lowest BCUT2D eigenvalue weighted by molar-refractivity contribution is -0.117. The van der Waals surface area contributed by atoms with Gasteiger partial charge >= 0.3 is 0 Å². The molecule has 39 heavy (non-hydrogen) atoms. The first-order chi connectivity index (χ1) is 18.8. The number of hydrogen-bond donors (Lipinski definition) is 3. The van der Waals surface area contributed by atoms with Crippen LogP contribution in [-0.2, 0) is 22.6 Å². The summed E-state index contributed by atoms with van der Waals surface area (Å²) in [5.74, 6) is -3.35. The van der Waals surface area contributed by atoms with Crippen molar-refractivity contribution >= 4 is 34.9 Å². The van der Waals surface area contributed by atoms with Crippen LogP contribution < -0.4 is 16.2 Å². The van der Waals surface area contributed by atoms with Crippen LogP contribution in [0.25, 0.3) is 11.6 Å². The zero-order valence-electron chi connectivity index (χ0n) is 20.3. The zero-order valence-corrected chi connectivity index (χ0v) is 20.3. The molecule has 4 aromatic rings. The number of H-pyrrole nitrogens is 1. The van der Waals surface area contributed by atoms with E-state index in [2.05, 4.69) is 20.6 Å². The topological polar surface area (TPSA) is 126 Å². The third-order valence-electron chi connectivity index (χ3n) is 6.14. The number of carbonyl (C=O) groups excluding carboxylic acids is 3. The number of aromatic amines is 1. The molecular formula is C28H21F2N5O4. The SMILES string of the molecule is O=C(CNC(=O)c1cccn(Cc2ccc(F)c(F)c2)c1=O)Cc1ccc2c(c1)/C(=C/c1cnc[nH]1)C(=O)N2. The maximum atomic E-state index is 13.5. The van der Waals surface area contributed by atoms with Gasteiger partial charge in [0.1, 0.15) is 5.56 Å². The number of fused-ring (bicyclic) bond motifs is 1. The minimum absolute atomic E-state index is 0.00571. The molecule has 3 N–H and O–H groups in total. The molecule has 0 unspecified atom stereocenters. The average molecular weight is 530 g/mol. The summed E-state index contributed by atoms with van der Waals surface area (Å²) < 4.78 is 27.9. The Morgan fingerprint density at radius 1 is 1.03 bits per heavy atom. The fraction of sp³-hybridized carbons (Fsp3) is 0.107. The molecule has 0 bridgehead atoms. The second kappa shape index (κ2) is 10.7. The zero-order chi connectivity index (χ0) is 27.5. The van der Waals surface area contributed by atoms with Crippen LogP contribution in [-0.4, -0.2) is 38.7 Å². The van der Waals surface area contributed by atoms with Crippen molar-refractivity contribution in [1.82, 2.24) is 19.9 Å². The van der Waals surface area contributed by atoms with E-state index in [1.807, 2.05) is 0 Å². The summed E-state index contributed by atoms with van der Waals surface area (Å²) in [5.41, 5.74) is 2.52. The number of halogens is 2. The lowest BCUT2D eigenvalue weighted by Gasteiger charge is -2.09. The molecule has 0 aliphatic carbocycles. The molecule has 0 spiro atoms. The molecule has 9 nitrogen and oxygen atoms in total. The Bertz CT molecular complexity index is 1690. The first-order valence-electron chi connectivity index (χ1n) is 11.9. The van der Waals surface area contributed by atoms with Gasteiger partial charge < -0.3 is 20.2 Å². The predicted octanol–water partition coefficient (Wildman–Crippen LogP) is 2.93. The van der Waals surface area contributed by atoms with Crippen molar-refractivity contribution in [2.24, 2.45) is 0 Å². The molecule has 3 heterocycles. The molecule has 196 valence electrons. The number of Topliss-reactive ketones (excluding diaryl/α,β-unsaturated/α-hetero) is 1. The highest BCUT2D eigenvalue weighted by Crippen LogP contribution is 2.33. The van der Waals surface area contributed by atoms with E-state index in [0.29, 0.717) is 33.6 Å². The molecule has 2 aromatic carbocycles. The van der Waals surface area contributed by atoms with Gasteiger partial charge in [-0.3, -0.25) is 19.2 Å². The van der Waals surface area contributed by atoms with Crippen molar-refractivity contribution in [1.29, 1.82) is 0 Å². The molecule has 0 atom stereocenters. The Morgan fingerprint density at radius 2 is 1.85 bits per heavy atom. The Labute approximate surface area is 220 Å². The van der Waals surface area contributed by atoms with Crippen LogP contribution in [0.2, 0.25) is 0 Å². The van der Waals surface area contributed by atoms with Crippen LogP contribution in [0.4, 0.5) is 14.5 Å². The highest BCUT2D eigenvalue weighted by Gasteiger charge is 2.25. The maximum absolute atomic E-state index is 13.5. The van der Waals surface area contributed by atoms with E-state index >= 15 is 0 Å². The monoisotopic (exact) mass is 529 g/mol. The summed E-state index contributed by atoms with van der Waals surface area (Å²) in [7, 11) is 0. The van der Waals surface area contributed by atoms with E-state index in [1.165, 1.54) is 35.3 Å². The number of aromatic nitrogens is 3. The number of amides is 2. The van der Waals surface area contributed by atoms with Gasteiger partial charge in [-0.1, -0.05) is 12.1 Å². The molecule has 0 saturated carbocycles. The number of ketones is 1. The molecule has 5 rings (SSSR count). The molecule has 1 aliphatic rings. The van der Waals surface area contributed by atoms with E-state index in [-0.39, 0.29) is 36.8 Å². The van der Waals surface area contributed by atoms with Crippen LogP contribution in [0.15, 0.2) is 72.0 Å². The first kappa shape index (κ1) is 25.5. The molecular weight excluding hydrogens is 508 g/mol. The van der Waals surface area contributed by atoms with Gasteiger partial charge in [0.05, 0.1) is 36.9 Å². The highest BCUT2D eigenvalue weighted by atomic mass is 19.2. The predicted molar refractivity (Wildman–Crippen MR) is 139 cm³/mol. The first-order valence-corrected chi connectivity index (χ1v) is 11.9. The number of pyridine rings is 1. The maximum Gasteiger partial charge on any atom is 0.263 e. The lowest BCUT2D eigenvalue weighted by atomic mass is 10.0. The minimum atomic E-state index is -1.04. The average Bonchev–Trinajstić information content (AvgIpc) is 3.54. The van der Waals surface area contributed by atoms with Crippen molar-refractivity contribution in [2.45, 2.75) is 13.0 Å². The van der Waals surface area contributed by atoms with Gasteiger partial charge in [0.2, 0.25) is 0 Å². The normalized spacial score (nSPS) is 13.3. The Kier molecular flexibility index (Phi) is 6.96. The molecule has 2 aromatic heterocycles.